The molecule has 124 valence electrons. The van der Waals surface area contributed by atoms with Gasteiger partial charge in [0.15, 0.2) is 5.78 Å². The average molecular weight is 347 g/mol. The zero-order valence-electron chi connectivity index (χ0n) is 13.0. The first-order chi connectivity index (χ1) is 11.5. The first-order valence-corrected chi connectivity index (χ1v) is 7.61. The lowest BCUT2D eigenvalue weighted by Gasteiger charge is -2.18. The molecule has 5 nitrogen and oxygen atoms in total. The largest absolute Gasteiger partial charge is 0.294 e. The van der Waals surface area contributed by atoms with Gasteiger partial charge in [-0.05, 0) is 18.2 Å². The molecule has 0 spiro atoms. The van der Waals surface area contributed by atoms with Crippen molar-refractivity contribution in [2.75, 3.05) is 12.1 Å². The average Bonchev–Trinajstić information content (AvgIpc) is 2.60. The lowest BCUT2D eigenvalue weighted by atomic mass is 10.1. The maximum Gasteiger partial charge on any atom is 0.163 e. The summed E-state index contributed by atoms with van der Waals surface area (Å²) in [5.74, 6) is -0.557. The molecule has 0 saturated heterocycles. The van der Waals surface area contributed by atoms with Crippen LogP contribution >= 0.6 is 11.6 Å². The van der Waals surface area contributed by atoms with Crippen molar-refractivity contribution in [1.82, 2.24) is 0 Å². The number of carbonyl (C=O) groups excluding carboxylic acids is 1. The molecule has 0 heterocycles. The number of benzene rings is 2. The van der Waals surface area contributed by atoms with Crippen LogP contribution < -0.4 is 5.01 Å². The zero-order chi connectivity index (χ0) is 17.5. The molecule has 0 unspecified atom stereocenters. The molecule has 0 aliphatic carbocycles. The highest BCUT2D eigenvalue weighted by atomic mass is 35.5. The Bertz CT molecular complexity index is 764. The van der Waals surface area contributed by atoms with E-state index in [0.717, 1.165) is 0 Å². The predicted molar refractivity (Wildman–Crippen MR) is 92.4 cm³/mol. The van der Waals surface area contributed by atoms with Gasteiger partial charge in [-0.25, -0.2) is 9.40 Å². The highest BCUT2D eigenvalue weighted by Crippen LogP contribution is 2.24. The van der Waals surface area contributed by atoms with Crippen LogP contribution in [0.2, 0.25) is 5.02 Å². The van der Waals surface area contributed by atoms with E-state index in [4.69, 9.17) is 17.0 Å². The summed E-state index contributed by atoms with van der Waals surface area (Å²) in [5, 5.41) is 16.8. The fourth-order valence-electron chi connectivity index (χ4n) is 2.07. The molecule has 0 aliphatic heterocycles. The van der Waals surface area contributed by atoms with Gasteiger partial charge in [0.2, 0.25) is 0 Å². The highest BCUT2D eigenvalue weighted by molar-refractivity contribution is 6.31. The number of halogens is 2. The second-order valence-corrected chi connectivity index (χ2v) is 5.34. The van der Waals surface area contributed by atoms with Crippen molar-refractivity contribution in [2.45, 2.75) is 12.8 Å². The molecular formula is C17H16ClFN4O. The minimum Gasteiger partial charge on any atom is -0.294 e. The Morgan fingerprint density at radius 2 is 1.92 bits per heavy atom. The number of amidine groups is 1. The Kier molecular flexibility index (Phi) is 6.14. The Hall–Kier alpha value is -2.60. The zero-order valence-corrected chi connectivity index (χ0v) is 13.8. The third-order valence-electron chi connectivity index (χ3n) is 3.27. The Morgan fingerprint density at radius 1 is 1.21 bits per heavy atom. The maximum absolute atomic E-state index is 13.3. The van der Waals surface area contributed by atoms with Crippen LogP contribution in [0.25, 0.3) is 0 Å². The topological polar surface area (TPSA) is 68.9 Å². The van der Waals surface area contributed by atoms with E-state index in [2.05, 4.69) is 10.3 Å². The van der Waals surface area contributed by atoms with Gasteiger partial charge in [-0.2, -0.15) is 5.11 Å². The van der Waals surface area contributed by atoms with Crippen LogP contribution in [-0.2, 0) is 0 Å². The first kappa shape index (κ1) is 17.7. The Labute approximate surface area is 144 Å². The predicted octanol–water partition coefficient (Wildman–Crippen LogP) is 4.92. The quantitative estimate of drug-likeness (QED) is 0.265. The Balaban J connectivity index is 2.09. The second-order valence-electron chi connectivity index (χ2n) is 4.94. The molecular weight excluding hydrogens is 331 g/mol. The smallest absolute Gasteiger partial charge is 0.163 e. The standard InChI is InChI=1S/C17H16ClFN4O/c1-21-22-23(13-7-8-15(19)14(18)11-13)17(20)10-9-16(24)12-5-3-2-4-6-12/h2-8,11,20H,9-10H2,1H3. The number of nitrogens with one attached hydrogen (secondary N) is 1. The number of rotatable bonds is 6. The summed E-state index contributed by atoms with van der Waals surface area (Å²) < 4.78 is 13.3. The molecule has 0 saturated carbocycles. The molecule has 0 amide bonds. The molecule has 24 heavy (non-hydrogen) atoms. The van der Waals surface area contributed by atoms with Crippen LogP contribution in [0.5, 0.6) is 0 Å². The van der Waals surface area contributed by atoms with E-state index >= 15 is 0 Å². The highest BCUT2D eigenvalue weighted by Gasteiger charge is 2.15. The minimum atomic E-state index is -0.556. The van der Waals surface area contributed by atoms with Crippen LogP contribution in [0.1, 0.15) is 23.2 Å². The molecule has 0 aromatic heterocycles. The van der Waals surface area contributed by atoms with Crippen LogP contribution in [-0.4, -0.2) is 18.7 Å². The van der Waals surface area contributed by atoms with E-state index in [1.165, 1.54) is 30.3 Å². The van der Waals surface area contributed by atoms with Gasteiger partial charge < -0.3 is 0 Å². The van der Waals surface area contributed by atoms with Crippen molar-refractivity contribution in [3.63, 3.8) is 0 Å². The molecule has 1 N–H and O–H groups in total. The number of hydrogen-bond acceptors (Lipinski definition) is 4. The fourth-order valence-corrected chi connectivity index (χ4v) is 2.25. The van der Waals surface area contributed by atoms with Gasteiger partial charge in [0, 0.05) is 18.4 Å². The number of anilines is 1. The molecule has 0 bridgehead atoms. The van der Waals surface area contributed by atoms with Crippen molar-refractivity contribution in [2.24, 2.45) is 10.3 Å². The number of ketones is 1. The third kappa shape index (κ3) is 4.45. The van der Waals surface area contributed by atoms with Crippen molar-refractivity contribution in [3.05, 3.63) is 64.9 Å². The number of carbonyl (C=O) groups is 1. The molecule has 2 aromatic rings. The van der Waals surface area contributed by atoms with Gasteiger partial charge in [-0.1, -0.05) is 47.2 Å². The van der Waals surface area contributed by atoms with Crippen LogP contribution in [0.15, 0.2) is 58.9 Å². The van der Waals surface area contributed by atoms with E-state index in [1.807, 2.05) is 6.07 Å². The van der Waals surface area contributed by atoms with Gasteiger partial charge in [-0.3, -0.25) is 10.2 Å². The van der Waals surface area contributed by atoms with E-state index in [1.54, 1.807) is 24.3 Å². The summed E-state index contributed by atoms with van der Waals surface area (Å²) in [6.45, 7) is 0. The normalized spacial score (nSPS) is 10.8. The van der Waals surface area contributed by atoms with Crippen molar-refractivity contribution in [1.29, 1.82) is 5.41 Å². The molecule has 0 aliphatic rings. The lowest BCUT2D eigenvalue weighted by Crippen LogP contribution is -2.24. The van der Waals surface area contributed by atoms with Gasteiger partial charge in [0.25, 0.3) is 0 Å². The number of Topliss-reactive ketones (excluding diaryl/α,β-unsaturated/α-hetero) is 1. The monoisotopic (exact) mass is 346 g/mol. The lowest BCUT2D eigenvalue weighted by molar-refractivity contribution is 0.0984. The molecule has 7 heteroatoms. The molecule has 0 atom stereocenters. The second kappa shape index (κ2) is 8.31. The summed E-state index contributed by atoms with van der Waals surface area (Å²) >= 11 is 5.77. The summed E-state index contributed by atoms with van der Waals surface area (Å²) in [5.41, 5.74) is 1.00. The molecule has 2 rings (SSSR count). The van der Waals surface area contributed by atoms with Gasteiger partial charge in [-0.15, -0.1) is 0 Å². The van der Waals surface area contributed by atoms with Gasteiger partial charge in [0.1, 0.15) is 11.7 Å². The van der Waals surface area contributed by atoms with Gasteiger partial charge >= 0.3 is 0 Å². The molecule has 2 aromatic carbocycles. The number of hydrogen-bond donors (Lipinski definition) is 1. The summed E-state index contributed by atoms with van der Waals surface area (Å²) in [6, 6.07) is 12.9. The first-order valence-electron chi connectivity index (χ1n) is 7.23. The van der Waals surface area contributed by atoms with Gasteiger partial charge in [0.05, 0.1) is 17.8 Å². The van der Waals surface area contributed by atoms with E-state index in [9.17, 15) is 9.18 Å². The Morgan fingerprint density at radius 3 is 2.54 bits per heavy atom. The van der Waals surface area contributed by atoms with Crippen LogP contribution in [0.4, 0.5) is 10.1 Å². The van der Waals surface area contributed by atoms with E-state index in [0.29, 0.717) is 11.3 Å². The minimum absolute atomic E-state index is 0.0626. The third-order valence-corrected chi connectivity index (χ3v) is 3.56. The van der Waals surface area contributed by atoms with E-state index in [-0.39, 0.29) is 29.5 Å². The van der Waals surface area contributed by atoms with Crippen LogP contribution in [0.3, 0.4) is 0 Å². The van der Waals surface area contributed by atoms with Crippen LogP contribution in [0, 0.1) is 11.2 Å². The van der Waals surface area contributed by atoms with Crippen molar-refractivity contribution >= 4 is 28.9 Å². The summed E-state index contributed by atoms with van der Waals surface area (Å²) in [6.07, 6.45) is 0.329. The summed E-state index contributed by atoms with van der Waals surface area (Å²) in [7, 11) is 1.46. The SMILES string of the molecule is CN=NN(C(=N)CCC(=O)c1ccccc1)c1ccc(F)c(Cl)c1. The fraction of sp³-hybridized carbons (Fsp3) is 0.176. The number of nitrogens with zero attached hydrogens (tertiary/aromatic N) is 3. The van der Waals surface area contributed by atoms with Crippen molar-refractivity contribution < 1.29 is 9.18 Å². The molecule has 0 fully saturated rings. The van der Waals surface area contributed by atoms with Crippen molar-refractivity contribution in [3.8, 4) is 0 Å². The summed E-state index contributed by atoms with van der Waals surface area (Å²) in [4.78, 5) is 12.1. The molecule has 0 radical (unpaired) electrons. The maximum atomic E-state index is 13.3. The van der Waals surface area contributed by atoms with E-state index < -0.39 is 5.82 Å².